The van der Waals surface area contributed by atoms with Crippen molar-refractivity contribution >= 4 is 23.4 Å². The van der Waals surface area contributed by atoms with Crippen LogP contribution >= 0.6 is 12.6 Å². The summed E-state index contributed by atoms with van der Waals surface area (Å²) >= 11 is 4.48. The van der Waals surface area contributed by atoms with E-state index in [1.165, 1.54) is 0 Å². The van der Waals surface area contributed by atoms with Crippen LogP contribution in [0, 0.1) is 0 Å². The van der Waals surface area contributed by atoms with Crippen LogP contribution in [0.1, 0.15) is 0 Å². The Bertz CT molecular complexity index is 1070. The Balaban J connectivity index is 1.97. The van der Waals surface area contributed by atoms with Gasteiger partial charge in [-0.2, -0.15) is 0 Å². The average molecular weight is 349 g/mol. The lowest BCUT2D eigenvalue weighted by atomic mass is 10.0. The van der Waals surface area contributed by atoms with Crippen molar-refractivity contribution in [2.75, 3.05) is 7.11 Å². The van der Waals surface area contributed by atoms with Gasteiger partial charge in [-0.15, -0.1) is 17.7 Å². The van der Waals surface area contributed by atoms with Gasteiger partial charge in [-0.25, -0.2) is 4.68 Å². The van der Waals surface area contributed by atoms with Gasteiger partial charge in [0.05, 0.1) is 7.11 Å². The number of hydrogen-bond donors (Lipinski definition) is 2. The smallest absolute Gasteiger partial charge is 0.145 e. The third kappa shape index (κ3) is 2.60. The number of thiol groups is 1. The Hall–Kier alpha value is -2.99. The second-order valence-corrected chi connectivity index (χ2v) is 5.98. The molecule has 0 spiro atoms. The van der Waals surface area contributed by atoms with Gasteiger partial charge in [0.2, 0.25) is 0 Å². The number of rotatable bonds is 3. The van der Waals surface area contributed by atoms with Crippen LogP contribution in [0.5, 0.6) is 11.5 Å². The van der Waals surface area contributed by atoms with E-state index in [4.69, 9.17) is 4.74 Å². The molecule has 0 aliphatic heterocycles. The molecule has 4 aromatic rings. The van der Waals surface area contributed by atoms with Gasteiger partial charge >= 0.3 is 0 Å². The Morgan fingerprint density at radius 1 is 1.04 bits per heavy atom. The Labute approximate surface area is 149 Å². The molecule has 25 heavy (non-hydrogen) atoms. The number of phenolic OH excluding ortho intramolecular Hbond substituents is 1. The van der Waals surface area contributed by atoms with Crippen molar-refractivity contribution in [3.63, 3.8) is 0 Å². The van der Waals surface area contributed by atoms with Gasteiger partial charge in [0.1, 0.15) is 27.9 Å². The van der Waals surface area contributed by atoms with Crippen LogP contribution in [0.2, 0.25) is 0 Å². The van der Waals surface area contributed by atoms with E-state index < -0.39 is 0 Å². The molecule has 0 fully saturated rings. The molecular weight excluding hydrogens is 334 g/mol. The van der Waals surface area contributed by atoms with E-state index in [1.807, 2.05) is 30.3 Å². The zero-order valence-electron chi connectivity index (χ0n) is 13.4. The number of aromatic nitrogens is 3. The first-order valence-electron chi connectivity index (χ1n) is 7.69. The molecule has 1 heterocycles. The molecular formula is C19H15N3O2S. The monoisotopic (exact) mass is 349 g/mol. The second kappa shape index (κ2) is 6.14. The van der Waals surface area contributed by atoms with Crippen molar-refractivity contribution in [2.45, 2.75) is 5.03 Å². The molecule has 0 radical (unpaired) electrons. The van der Waals surface area contributed by atoms with Crippen LogP contribution in [-0.2, 0) is 0 Å². The molecule has 1 aromatic heterocycles. The van der Waals surface area contributed by atoms with Gasteiger partial charge in [-0.05, 0) is 22.9 Å². The summed E-state index contributed by atoms with van der Waals surface area (Å²) < 4.78 is 6.74. The highest BCUT2D eigenvalue weighted by Gasteiger charge is 2.18. The number of ether oxygens (including phenoxy) is 1. The minimum atomic E-state index is 0.0547. The quantitative estimate of drug-likeness (QED) is 0.547. The maximum atomic E-state index is 10.4. The lowest BCUT2D eigenvalue weighted by Crippen LogP contribution is -2.00. The third-order valence-electron chi connectivity index (χ3n) is 4.11. The van der Waals surface area contributed by atoms with Gasteiger partial charge in [-0.1, -0.05) is 47.7 Å². The summed E-state index contributed by atoms with van der Waals surface area (Å²) in [6.45, 7) is 0. The first kappa shape index (κ1) is 15.5. The van der Waals surface area contributed by atoms with Crippen LogP contribution in [0.4, 0.5) is 0 Å². The summed E-state index contributed by atoms with van der Waals surface area (Å²) in [6, 6.07) is 19.2. The predicted octanol–water partition coefficient (Wildman–Crippen LogP) is 4.09. The fraction of sp³-hybridized carbons (Fsp3) is 0.0526. The van der Waals surface area contributed by atoms with E-state index in [-0.39, 0.29) is 5.75 Å². The molecule has 0 unspecified atom stereocenters. The molecule has 0 saturated carbocycles. The van der Waals surface area contributed by atoms with E-state index in [0.29, 0.717) is 16.5 Å². The predicted molar refractivity (Wildman–Crippen MR) is 99.8 cm³/mol. The highest BCUT2D eigenvalue weighted by Crippen LogP contribution is 2.35. The molecule has 0 saturated heterocycles. The fourth-order valence-corrected chi connectivity index (χ4v) is 3.17. The molecule has 6 heteroatoms. The van der Waals surface area contributed by atoms with Crippen LogP contribution in [0.15, 0.2) is 65.7 Å². The van der Waals surface area contributed by atoms with Crippen LogP contribution in [0.25, 0.3) is 27.7 Å². The topological polar surface area (TPSA) is 60.2 Å². The molecule has 0 aliphatic rings. The molecule has 0 aliphatic carbocycles. The van der Waals surface area contributed by atoms with E-state index in [9.17, 15) is 5.11 Å². The van der Waals surface area contributed by atoms with Crippen molar-refractivity contribution in [3.8, 4) is 28.4 Å². The number of aromatic hydroxyl groups is 1. The zero-order valence-corrected chi connectivity index (χ0v) is 14.3. The molecule has 0 amide bonds. The molecule has 5 nitrogen and oxygen atoms in total. The SMILES string of the molecule is COc1ccc(-n2nnc(S)c2-c2cccc3ccccc23)c(O)c1. The van der Waals surface area contributed by atoms with Crippen LogP contribution < -0.4 is 4.74 Å². The first-order valence-corrected chi connectivity index (χ1v) is 8.14. The molecule has 3 aromatic carbocycles. The van der Waals surface area contributed by atoms with Gasteiger partial charge in [0, 0.05) is 11.6 Å². The number of hydrogen-bond acceptors (Lipinski definition) is 5. The molecule has 0 bridgehead atoms. The van der Waals surface area contributed by atoms with Crippen LogP contribution in [-0.4, -0.2) is 27.2 Å². The third-order valence-corrected chi connectivity index (χ3v) is 4.41. The minimum absolute atomic E-state index is 0.0547. The van der Waals surface area contributed by atoms with Crippen molar-refractivity contribution in [1.82, 2.24) is 15.0 Å². The maximum Gasteiger partial charge on any atom is 0.145 e. The number of methoxy groups -OCH3 is 1. The van der Waals surface area contributed by atoms with Gasteiger partial charge in [-0.3, -0.25) is 0 Å². The van der Waals surface area contributed by atoms with E-state index in [2.05, 4.69) is 35.1 Å². The Morgan fingerprint density at radius 2 is 1.84 bits per heavy atom. The molecule has 1 N–H and O–H groups in total. The summed E-state index contributed by atoms with van der Waals surface area (Å²) in [6.07, 6.45) is 0. The van der Waals surface area contributed by atoms with Crippen molar-refractivity contribution in [1.29, 1.82) is 0 Å². The van der Waals surface area contributed by atoms with Gasteiger partial charge in [0.25, 0.3) is 0 Å². The first-order chi connectivity index (χ1) is 12.2. The lowest BCUT2D eigenvalue weighted by Gasteiger charge is -2.12. The van der Waals surface area contributed by atoms with Gasteiger partial charge in [0.15, 0.2) is 0 Å². The highest BCUT2D eigenvalue weighted by atomic mass is 32.1. The highest BCUT2D eigenvalue weighted by molar-refractivity contribution is 7.80. The number of benzene rings is 3. The van der Waals surface area contributed by atoms with Crippen molar-refractivity contribution < 1.29 is 9.84 Å². The standard InChI is InChI=1S/C19H15N3O2S/c1-24-13-9-10-16(17(23)11-13)22-18(19(25)20-21-22)15-8-4-6-12-5-2-3-7-14(12)15/h2-11,23,25H,1H3. The molecule has 0 atom stereocenters. The maximum absolute atomic E-state index is 10.4. The minimum Gasteiger partial charge on any atom is -0.506 e. The fourth-order valence-electron chi connectivity index (χ4n) is 2.92. The second-order valence-electron chi connectivity index (χ2n) is 5.55. The summed E-state index contributed by atoms with van der Waals surface area (Å²) in [4.78, 5) is 0. The van der Waals surface area contributed by atoms with Crippen molar-refractivity contribution in [2.24, 2.45) is 0 Å². The summed E-state index contributed by atoms with van der Waals surface area (Å²) in [5.41, 5.74) is 2.18. The summed E-state index contributed by atoms with van der Waals surface area (Å²) in [5.74, 6) is 0.623. The Morgan fingerprint density at radius 3 is 2.64 bits per heavy atom. The molecule has 124 valence electrons. The number of phenols is 1. The zero-order chi connectivity index (χ0) is 17.4. The van der Waals surface area contributed by atoms with E-state index in [0.717, 1.165) is 22.0 Å². The number of nitrogens with zero attached hydrogens (tertiary/aromatic N) is 3. The molecule has 4 rings (SSSR count). The largest absolute Gasteiger partial charge is 0.506 e. The van der Waals surface area contributed by atoms with E-state index >= 15 is 0 Å². The summed E-state index contributed by atoms with van der Waals surface area (Å²) in [7, 11) is 1.55. The normalized spacial score (nSPS) is 11.0. The Kier molecular flexibility index (Phi) is 3.82. The number of fused-ring (bicyclic) bond motifs is 1. The van der Waals surface area contributed by atoms with E-state index in [1.54, 1.807) is 30.0 Å². The average Bonchev–Trinajstić information content (AvgIpc) is 3.02. The van der Waals surface area contributed by atoms with Gasteiger partial charge < -0.3 is 9.84 Å². The van der Waals surface area contributed by atoms with Crippen LogP contribution in [0.3, 0.4) is 0 Å². The summed E-state index contributed by atoms with van der Waals surface area (Å²) in [5, 5.41) is 21.3. The lowest BCUT2D eigenvalue weighted by molar-refractivity contribution is 0.407. The van der Waals surface area contributed by atoms with Crippen molar-refractivity contribution in [3.05, 3.63) is 60.7 Å².